The maximum absolute atomic E-state index is 13.8. The third-order valence-electron chi connectivity index (χ3n) is 7.51. The van der Waals surface area contributed by atoms with Crippen LogP contribution in [0.1, 0.15) is 76.2 Å². The Balaban J connectivity index is 1.59. The van der Waals surface area contributed by atoms with Gasteiger partial charge in [0.15, 0.2) is 11.6 Å². The number of amides is 1. The lowest BCUT2D eigenvalue weighted by molar-refractivity contribution is -0.120. The fraction of sp³-hybridized carbons (Fsp3) is 0.600. The minimum atomic E-state index is -0.883. The van der Waals surface area contributed by atoms with Crippen LogP contribution in [0.25, 0.3) is 0 Å². The van der Waals surface area contributed by atoms with Crippen LogP contribution in [0, 0.1) is 11.2 Å². The lowest BCUT2D eigenvalue weighted by Gasteiger charge is -2.48. The predicted octanol–water partition coefficient (Wildman–Crippen LogP) is 3.62. The van der Waals surface area contributed by atoms with Crippen LogP contribution in [0.15, 0.2) is 30.3 Å². The Kier molecular flexibility index (Phi) is 9.14. The number of nitrogens with zero attached hydrogens (tertiary/aromatic N) is 1. The molecular formula is C30H44FN5O3. The number of aliphatic hydroxyl groups is 1. The summed E-state index contributed by atoms with van der Waals surface area (Å²) < 4.78 is 20.4. The normalized spacial score (nSPS) is 19.4. The van der Waals surface area contributed by atoms with E-state index in [0.717, 1.165) is 54.9 Å². The van der Waals surface area contributed by atoms with E-state index in [1.807, 2.05) is 0 Å². The fourth-order valence-corrected chi connectivity index (χ4v) is 5.59. The smallest absolute Gasteiger partial charge is 0.217 e. The topological polar surface area (TPSA) is 122 Å². The Morgan fingerprint density at radius 3 is 2.69 bits per heavy atom. The van der Waals surface area contributed by atoms with E-state index < -0.39 is 12.1 Å². The number of hydrogen-bond donors (Lipinski definition) is 5. The highest BCUT2D eigenvalue weighted by atomic mass is 19.1. The standard InChI is InChI=1S/C30H44FN5O3/c1-19(37)35-24(14-20-7-5-8-21(31)13-20)26(38)18-34-25-17-30(9-6-10-30)39-27-23(25)15-22(16-29(2,3)4)36-28(27)33-12-11-32/h5,7-8,13,15,24-26,34,38H,6,9-12,14,16-18,32H2,1-4H3,(H,33,36)(H,35,37)/t24-,25-,26-/m0/s1. The molecule has 2 heterocycles. The molecule has 0 saturated heterocycles. The first-order chi connectivity index (χ1) is 18.5. The molecule has 2 aromatic rings. The van der Waals surface area contributed by atoms with Crippen molar-refractivity contribution in [2.75, 3.05) is 25.0 Å². The second-order valence-corrected chi connectivity index (χ2v) is 12.3. The molecule has 1 saturated carbocycles. The van der Waals surface area contributed by atoms with Gasteiger partial charge in [0.05, 0.1) is 12.1 Å². The zero-order valence-electron chi connectivity index (χ0n) is 23.6. The van der Waals surface area contributed by atoms with Crippen LogP contribution < -0.4 is 26.4 Å². The van der Waals surface area contributed by atoms with Crippen molar-refractivity contribution in [1.29, 1.82) is 0 Å². The van der Waals surface area contributed by atoms with Gasteiger partial charge in [0.1, 0.15) is 11.4 Å². The van der Waals surface area contributed by atoms with Gasteiger partial charge in [-0.25, -0.2) is 9.37 Å². The van der Waals surface area contributed by atoms with Gasteiger partial charge in [0.25, 0.3) is 0 Å². The number of carbonyl (C=O) groups excluding carboxylic acids is 1. The van der Waals surface area contributed by atoms with E-state index in [-0.39, 0.29) is 35.3 Å². The van der Waals surface area contributed by atoms with E-state index in [1.165, 1.54) is 19.1 Å². The van der Waals surface area contributed by atoms with Crippen molar-refractivity contribution in [2.45, 2.75) is 90.0 Å². The highest BCUT2D eigenvalue weighted by Crippen LogP contribution is 2.51. The van der Waals surface area contributed by atoms with Crippen LogP contribution in [-0.2, 0) is 17.6 Å². The van der Waals surface area contributed by atoms with Crippen molar-refractivity contribution < 1.29 is 19.0 Å². The number of nitrogens with one attached hydrogen (secondary N) is 3. The average Bonchev–Trinajstić information content (AvgIpc) is 2.83. The van der Waals surface area contributed by atoms with E-state index in [0.29, 0.717) is 25.1 Å². The number of anilines is 1. The van der Waals surface area contributed by atoms with Gasteiger partial charge < -0.3 is 31.5 Å². The monoisotopic (exact) mass is 541 g/mol. The minimum Gasteiger partial charge on any atom is -0.483 e. The predicted molar refractivity (Wildman–Crippen MR) is 151 cm³/mol. The second-order valence-electron chi connectivity index (χ2n) is 12.3. The van der Waals surface area contributed by atoms with Gasteiger partial charge in [0.2, 0.25) is 5.91 Å². The quantitative estimate of drug-likeness (QED) is 0.295. The largest absolute Gasteiger partial charge is 0.483 e. The Labute approximate surface area is 231 Å². The van der Waals surface area contributed by atoms with Gasteiger partial charge in [-0.2, -0.15) is 0 Å². The molecule has 0 bridgehead atoms. The minimum absolute atomic E-state index is 0.0543. The lowest BCUT2D eigenvalue weighted by atomic mass is 9.72. The van der Waals surface area contributed by atoms with Gasteiger partial charge in [-0.05, 0) is 61.3 Å². The Bertz CT molecular complexity index is 1150. The molecule has 6 N–H and O–H groups in total. The van der Waals surface area contributed by atoms with Crippen molar-refractivity contribution in [1.82, 2.24) is 15.6 Å². The molecule has 1 amide bonds. The Hall–Kier alpha value is -2.75. The van der Waals surface area contributed by atoms with Gasteiger partial charge >= 0.3 is 0 Å². The summed E-state index contributed by atoms with van der Waals surface area (Å²) in [6.45, 7) is 9.31. The fourth-order valence-electron chi connectivity index (χ4n) is 5.59. The number of aromatic nitrogens is 1. The number of rotatable bonds is 11. The SMILES string of the molecule is CC(=O)N[C@@H](Cc1cccc(F)c1)[C@@H](O)CN[C@H]1CC2(CCC2)Oc2c1cc(CC(C)(C)C)nc2NCCN. The molecule has 4 rings (SSSR count). The molecule has 8 nitrogen and oxygen atoms in total. The number of fused-ring (bicyclic) bond motifs is 1. The molecule has 1 aromatic carbocycles. The summed E-state index contributed by atoms with van der Waals surface area (Å²) in [7, 11) is 0. The molecule has 0 radical (unpaired) electrons. The van der Waals surface area contributed by atoms with Crippen molar-refractivity contribution >= 4 is 11.7 Å². The molecule has 1 aliphatic carbocycles. The first-order valence-electron chi connectivity index (χ1n) is 14.1. The number of ether oxygens (including phenoxy) is 1. The van der Waals surface area contributed by atoms with Crippen LogP contribution in [0.2, 0.25) is 0 Å². The van der Waals surface area contributed by atoms with Crippen LogP contribution in [0.3, 0.4) is 0 Å². The number of nitrogens with two attached hydrogens (primary N) is 1. The van der Waals surface area contributed by atoms with E-state index in [1.54, 1.807) is 12.1 Å². The van der Waals surface area contributed by atoms with Crippen molar-refractivity contribution in [2.24, 2.45) is 11.1 Å². The van der Waals surface area contributed by atoms with E-state index in [9.17, 15) is 14.3 Å². The van der Waals surface area contributed by atoms with Gasteiger partial charge in [-0.3, -0.25) is 4.79 Å². The van der Waals surface area contributed by atoms with Crippen molar-refractivity contribution in [3.05, 3.63) is 53.0 Å². The highest BCUT2D eigenvalue weighted by molar-refractivity contribution is 5.73. The molecule has 39 heavy (non-hydrogen) atoms. The molecule has 1 spiro atoms. The van der Waals surface area contributed by atoms with Crippen LogP contribution in [-0.4, -0.2) is 53.4 Å². The lowest BCUT2D eigenvalue weighted by Crippen LogP contribution is -2.52. The summed E-state index contributed by atoms with van der Waals surface area (Å²) in [4.78, 5) is 16.9. The molecule has 1 aromatic heterocycles. The first-order valence-corrected chi connectivity index (χ1v) is 14.1. The molecule has 2 aliphatic rings. The molecule has 214 valence electrons. The van der Waals surface area contributed by atoms with Crippen molar-refractivity contribution in [3.8, 4) is 5.75 Å². The number of aliphatic hydroxyl groups excluding tert-OH is 1. The second kappa shape index (κ2) is 12.2. The summed E-state index contributed by atoms with van der Waals surface area (Å²) in [5, 5.41) is 21.0. The average molecular weight is 542 g/mol. The van der Waals surface area contributed by atoms with E-state index >= 15 is 0 Å². The van der Waals surface area contributed by atoms with Gasteiger partial charge in [0, 0.05) is 50.3 Å². The molecule has 1 fully saturated rings. The summed E-state index contributed by atoms with van der Waals surface area (Å²) in [5.41, 5.74) is 8.31. The van der Waals surface area contributed by atoms with Crippen molar-refractivity contribution in [3.63, 3.8) is 0 Å². The Morgan fingerprint density at radius 2 is 2.08 bits per heavy atom. The van der Waals surface area contributed by atoms with Gasteiger partial charge in [-0.15, -0.1) is 0 Å². The van der Waals surface area contributed by atoms with Crippen LogP contribution >= 0.6 is 0 Å². The third-order valence-corrected chi connectivity index (χ3v) is 7.51. The molecule has 3 atom stereocenters. The van der Waals surface area contributed by atoms with E-state index in [2.05, 4.69) is 42.8 Å². The zero-order chi connectivity index (χ0) is 28.2. The summed E-state index contributed by atoms with van der Waals surface area (Å²) >= 11 is 0. The number of pyridine rings is 1. The summed E-state index contributed by atoms with van der Waals surface area (Å²) in [6.07, 6.45) is 4.09. The highest BCUT2D eigenvalue weighted by Gasteiger charge is 2.47. The molecule has 1 aliphatic heterocycles. The molecule has 0 unspecified atom stereocenters. The zero-order valence-corrected chi connectivity index (χ0v) is 23.6. The number of carbonyl (C=O) groups is 1. The van der Waals surface area contributed by atoms with Gasteiger partial charge in [-0.1, -0.05) is 32.9 Å². The number of benzene rings is 1. The number of halogens is 1. The summed E-state index contributed by atoms with van der Waals surface area (Å²) in [6, 6.07) is 7.75. The number of hydrogen-bond acceptors (Lipinski definition) is 7. The molecular weight excluding hydrogens is 497 g/mol. The first kappa shape index (κ1) is 29.2. The Morgan fingerprint density at radius 1 is 1.31 bits per heavy atom. The maximum Gasteiger partial charge on any atom is 0.217 e. The third kappa shape index (κ3) is 7.68. The van der Waals surface area contributed by atoms with Crippen LogP contribution in [0.4, 0.5) is 10.2 Å². The maximum atomic E-state index is 13.8. The van der Waals surface area contributed by atoms with Crippen LogP contribution in [0.5, 0.6) is 5.75 Å². The summed E-state index contributed by atoms with van der Waals surface area (Å²) in [5.74, 6) is 0.897. The molecule has 9 heteroatoms. The van der Waals surface area contributed by atoms with E-state index in [4.69, 9.17) is 15.5 Å².